The highest BCUT2D eigenvalue weighted by molar-refractivity contribution is 6.12. The number of carboxylic acid groups (broad SMARTS) is 1. The van der Waals surface area contributed by atoms with Crippen LogP contribution in [0.1, 0.15) is 46.8 Å². The third kappa shape index (κ3) is 8.07. The number of benzene rings is 4. The van der Waals surface area contributed by atoms with Crippen molar-refractivity contribution in [1.82, 2.24) is 0 Å². The number of hydrogen-bond acceptors (Lipinski definition) is 5. The van der Waals surface area contributed by atoms with Crippen molar-refractivity contribution in [2.75, 3.05) is 23.4 Å². The predicted octanol–water partition coefficient (Wildman–Crippen LogP) is 6.55. The van der Waals surface area contributed by atoms with E-state index in [0.29, 0.717) is 48.6 Å². The molecule has 1 atom stereocenters. The van der Waals surface area contributed by atoms with Crippen LogP contribution in [0.3, 0.4) is 0 Å². The lowest BCUT2D eigenvalue weighted by molar-refractivity contribution is -0.137. The van der Waals surface area contributed by atoms with E-state index in [4.69, 9.17) is 4.74 Å². The number of nitrogens with zero attached hydrogens (tertiary/aromatic N) is 1. The molecule has 0 saturated heterocycles. The number of carbonyl (C=O) groups is 3. The second kappa shape index (κ2) is 14.6. The molecule has 7 nitrogen and oxygen atoms in total. The van der Waals surface area contributed by atoms with E-state index in [-0.39, 0.29) is 18.1 Å². The van der Waals surface area contributed by atoms with E-state index in [2.05, 4.69) is 5.32 Å². The van der Waals surface area contributed by atoms with Gasteiger partial charge < -0.3 is 20.1 Å². The van der Waals surface area contributed by atoms with Crippen molar-refractivity contribution < 1.29 is 24.2 Å². The van der Waals surface area contributed by atoms with Crippen LogP contribution in [0, 0.1) is 6.92 Å². The van der Waals surface area contributed by atoms with Crippen LogP contribution in [0.15, 0.2) is 103 Å². The molecule has 42 heavy (non-hydrogen) atoms. The van der Waals surface area contributed by atoms with Gasteiger partial charge in [-0.15, -0.1) is 0 Å². The molecule has 2 N–H and O–H groups in total. The summed E-state index contributed by atoms with van der Waals surface area (Å²) in [7, 11) is 0. The molecule has 4 aromatic carbocycles. The van der Waals surface area contributed by atoms with Crippen molar-refractivity contribution >= 4 is 29.0 Å². The molecule has 216 valence electrons. The Kier molecular flexibility index (Phi) is 10.5. The molecule has 1 unspecified atom stereocenters. The fourth-order valence-electron chi connectivity index (χ4n) is 4.62. The third-order valence-electron chi connectivity index (χ3n) is 6.94. The number of rotatable bonds is 14. The molecule has 0 aliphatic rings. The normalized spacial score (nSPS) is 11.4. The van der Waals surface area contributed by atoms with E-state index in [1.54, 1.807) is 53.4 Å². The van der Waals surface area contributed by atoms with Gasteiger partial charge in [-0.2, -0.15) is 0 Å². The quantitative estimate of drug-likeness (QED) is 0.133. The van der Waals surface area contributed by atoms with E-state index in [9.17, 15) is 19.5 Å². The molecule has 1 amide bonds. The number of hydrogen-bond donors (Lipinski definition) is 2. The molecule has 0 aromatic heterocycles. The lowest BCUT2D eigenvalue weighted by Crippen LogP contribution is -2.32. The number of carboxylic acids is 1. The molecule has 0 heterocycles. The monoisotopic (exact) mass is 564 g/mol. The first kappa shape index (κ1) is 30.1. The molecule has 4 aromatic rings. The molecule has 0 spiro atoms. The van der Waals surface area contributed by atoms with E-state index < -0.39 is 12.0 Å². The van der Waals surface area contributed by atoms with Crippen LogP contribution in [-0.2, 0) is 16.0 Å². The Bertz CT molecular complexity index is 1480. The number of aliphatic carboxylic acids is 1. The number of ether oxygens (including phenoxy) is 1. The maximum absolute atomic E-state index is 13.1. The summed E-state index contributed by atoms with van der Waals surface area (Å²) in [5.74, 6) is -0.458. The molecular weight excluding hydrogens is 528 g/mol. The summed E-state index contributed by atoms with van der Waals surface area (Å²) in [6, 6.07) is 30.1. The van der Waals surface area contributed by atoms with E-state index in [0.717, 1.165) is 16.8 Å². The van der Waals surface area contributed by atoms with Gasteiger partial charge in [0.15, 0.2) is 5.78 Å². The summed E-state index contributed by atoms with van der Waals surface area (Å²) < 4.78 is 5.90. The number of amides is 1. The Morgan fingerprint density at radius 3 is 2.19 bits per heavy atom. The van der Waals surface area contributed by atoms with Gasteiger partial charge in [0.1, 0.15) is 11.8 Å². The fraction of sp³-hybridized carbons (Fsp3) is 0.229. The maximum atomic E-state index is 13.1. The first-order chi connectivity index (χ1) is 20.4. The fourth-order valence-corrected chi connectivity index (χ4v) is 4.62. The lowest BCUT2D eigenvalue weighted by Gasteiger charge is -2.22. The standard InChI is InChI=1S/C35H36N2O5/c1-3-33(38)37(28-18-14-25(2)15-19-28)22-9-23-42-29-20-16-26(17-21-29)24-32(35(40)41)36-31-13-8-7-12-30(31)34(39)27-10-5-4-6-11-27/h4-8,10-21,32,36H,3,9,22-24H2,1-2H3,(H,40,41). The number of para-hydroxylation sites is 1. The van der Waals surface area contributed by atoms with Gasteiger partial charge in [0.05, 0.1) is 6.61 Å². The third-order valence-corrected chi connectivity index (χ3v) is 6.94. The molecule has 0 saturated carbocycles. The zero-order valence-electron chi connectivity index (χ0n) is 24.0. The summed E-state index contributed by atoms with van der Waals surface area (Å²) >= 11 is 0. The van der Waals surface area contributed by atoms with E-state index in [1.807, 2.05) is 68.4 Å². The van der Waals surface area contributed by atoms with Gasteiger partial charge in [0.2, 0.25) is 5.91 Å². The summed E-state index contributed by atoms with van der Waals surface area (Å²) in [5.41, 5.74) is 4.26. The molecule has 4 rings (SSSR count). The van der Waals surface area contributed by atoms with Crippen LogP contribution < -0.4 is 15.0 Å². The average molecular weight is 565 g/mol. The number of carbonyl (C=O) groups excluding carboxylic acids is 2. The Hall–Kier alpha value is -4.91. The Labute approximate surface area is 246 Å². The molecule has 0 radical (unpaired) electrons. The molecule has 0 aliphatic carbocycles. The predicted molar refractivity (Wildman–Crippen MR) is 165 cm³/mol. The second-order valence-electron chi connectivity index (χ2n) is 10.1. The number of aryl methyl sites for hydroxylation is 1. The Morgan fingerprint density at radius 1 is 0.857 bits per heavy atom. The van der Waals surface area contributed by atoms with Crippen molar-refractivity contribution in [3.8, 4) is 5.75 Å². The highest BCUT2D eigenvalue weighted by Gasteiger charge is 2.21. The summed E-state index contributed by atoms with van der Waals surface area (Å²) in [5, 5.41) is 13.0. The minimum absolute atomic E-state index is 0.0665. The van der Waals surface area contributed by atoms with Crippen molar-refractivity contribution in [3.63, 3.8) is 0 Å². The first-order valence-electron chi connectivity index (χ1n) is 14.1. The van der Waals surface area contributed by atoms with Gasteiger partial charge in [-0.1, -0.05) is 79.2 Å². The number of ketones is 1. The minimum Gasteiger partial charge on any atom is -0.494 e. The van der Waals surface area contributed by atoms with Gasteiger partial charge in [-0.05, 0) is 55.3 Å². The lowest BCUT2D eigenvalue weighted by atomic mass is 10.00. The van der Waals surface area contributed by atoms with Gasteiger partial charge in [-0.3, -0.25) is 9.59 Å². The van der Waals surface area contributed by atoms with E-state index in [1.165, 1.54) is 0 Å². The largest absolute Gasteiger partial charge is 0.494 e. The highest BCUT2D eigenvalue weighted by Crippen LogP contribution is 2.22. The van der Waals surface area contributed by atoms with Crippen LogP contribution >= 0.6 is 0 Å². The van der Waals surface area contributed by atoms with Crippen molar-refractivity contribution in [2.24, 2.45) is 0 Å². The molecule has 0 bridgehead atoms. The Morgan fingerprint density at radius 2 is 1.52 bits per heavy atom. The van der Waals surface area contributed by atoms with Crippen LogP contribution in [0.5, 0.6) is 5.75 Å². The summed E-state index contributed by atoms with van der Waals surface area (Å²) in [4.78, 5) is 39.5. The van der Waals surface area contributed by atoms with Gasteiger partial charge in [-0.25, -0.2) is 4.79 Å². The second-order valence-corrected chi connectivity index (χ2v) is 10.1. The van der Waals surface area contributed by atoms with Crippen molar-refractivity contribution in [3.05, 3.63) is 125 Å². The molecule has 7 heteroatoms. The minimum atomic E-state index is -1.02. The van der Waals surface area contributed by atoms with Gasteiger partial charge in [0.25, 0.3) is 0 Å². The van der Waals surface area contributed by atoms with Crippen LogP contribution in [0.4, 0.5) is 11.4 Å². The smallest absolute Gasteiger partial charge is 0.326 e. The van der Waals surface area contributed by atoms with Crippen molar-refractivity contribution in [1.29, 1.82) is 0 Å². The summed E-state index contributed by atoms with van der Waals surface area (Å²) in [6.45, 7) is 4.86. The Balaban J connectivity index is 1.34. The van der Waals surface area contributed by atoms with Crippen molar-refractivity contribution in [2.45, 2.75) is 39.2 Å². The number of nitrogens with one attached hydrogen (secondary N) is 1. The van der Waals surface area contributed by atoms with Gasteiger partial charge >= 0.3 is 5.97 Å². The molecule has 0 fully saturated rings. The zero-order valence-corrected chi connectivity index (χ0v) is 24.0. The van der Waals surface area contributed by atoms with E-state index >= 15 is 0 Å². The van der Waals surface area contributed by atoms with Gasteiger partial charge in [0, 0.05) is 41.9 Å². The molecule has 0 aliphatic heterocycles. The molecular formula is C35H36N2O5. The number of anilines is 2. The first-order valence-corrected chi connectivity index (χ1v) is 14.1. The van der Waals surface area contributed by atoms with Crippen LogP contribution in [-0.4, -0.2) is 42.0 Å². The van der Waals surface area contributed by atoms with Crippen LogP contribution in [0.2, 0.25) is 0 Å². The zero-order chi connectivity index (χ0) is 29.9. The SMILES string of the molecule is CCC(=O)N(CCCOc1ccc(CC(Nc2ccccc2C(=O)c2ccccc2)C(=O)O)cc1)c1ccc(C)cc1. The average Bonchev–Trinajstić information content (AvgIpc) is 3.02. The summed E-state index contributed by atoms with van der Waals surface area (Å²) in [6.07, 6.45) is 1.30. The van der Waals surface area contributed by atoms with Crippen LogP contribution in [0.25, 0.3) is 0 Å². The maximum Gasteiger partial charge on any atom is 0.326 e. The highest BCUT2D eigenvalue weighted by atomic mass is 16.5. The topological polar surface area (TPSA) is 95.9 Å².